The van der Waals surface area contributed by atoms with Gasteiger partial charge in [-0.15, -0.1) is 11.3 Å². The zero-order valence-electron chi connectivity index (χ0n) is 13.7. The summed E-state index contributed by atoms with van der Waals surface area (Å²) in [7, 11) is 0. The Balaban J connectivity index is 1.54. The number of rotatable bonds is 4. The number of nitrogens with two attached hydrogens (primary N) is 1. The van der Waals surface area contributed by atoms with Gasteiger partial charge in [-0.05, 0) is 54.9 Å². The van der Waals surface area contributed by atoms with E-state index in [4.69, 9.17) is 10.7 Å². The van der Waals surface area contributed by atoms with Crippen LogP contribution >= 0.6 is 23.1 Å². The second kappa shape index (κ2) is 6.69. The summed E-state index contributed by atoms with van der Waals surface area (Å²) in [6.07, 6.45) is 8.14. The van der Waals surface area contributed by atoms with E-state index in [1.807, 2.05) is 35.9 Å². The fourth-order valence-electron chi connectivity index (χ4n) is 3.22. The third kappa shape index (κ3) is 3.13. The van der Waals surface area contributed by atoms with E-state index in [1.54, 1.807) is 11.8 Å². The van der Waals surface area contributed by atoms with Crippen molar-refractivity contribution in [2.45, 2.75) is 37.8 Å². The van der Waals surface area contributed by atoms with Crippen LogP contribution in [0.3, 0.4) is 0 Å². The predicted molar refractivity (Wildman–Crippen MR) is 102 cm³/mol. The van der Waals surface area contributed by atoms with Crippen LogP contribution < -0.4 is 5.73 Å². The highest BCUT2D eigenvalue weighted by Crippen LogP contribution is 2.39. The Morgan fingerprint density at radius 1 is 1.29 bits per heavy atom. The summed E-state index contributed by atoms with van der Waals surface area (Å²) >= 11 is 3.48. The maximum atomic E-state index is 6.28. The van der Waals surface area contributed by atoms with Crippen molar-refractivity contribution >= 4 is 39.1 Å². The molecule has 1 aliphatic rings. The van der Waals surface area contributed by atoms with Crippen molar-refractivity contribution in [3.05, 3.63) is 40.5 Å². The third-order valence-corrected chi connectivity index (χ3v) is 6.53. The molecule has 1 atom stereocenters. The second-order valence-corrected chi connectivity index (χ2v) is 8.52. The maximum Gasteiger partial charge on any atom is 0.190 e. The molecule has 0 radical (unpaired) electrons. The van der Waals surface area contributed by atoms with E-state index >= 15 is 0 Å². The number of fused-ring (bicyclic) bond motifs is 3. The smallest absolute Gasteiger partial charge is 0.190 e. The first kappa shape index (κ1) is 15.8. The zero-order chi connectivity index (χ0) is 16.5. The lowest BCUT2D eigenvalue weighted by molar-refractivity contribution is 0.509. The number of thioether (sulfide) groups is 1. The van der Waals surface area contributed by atoms with E-state index in [0.717, 1.165) is 46.3 Å². The van der Waals surface area contributed by atoms with Gasteiger partial charge >= 0.3 is 0 Å². The largest absolute Gasteiger partial charge is 0.383 e. The molecule has 1 unspecified atom stereocenters. The van der Waals surface area contributed by atoms with E-state index in [2.05, 4.69) is 16.9 Å². The summed E-state index contributed by atoms with van der Waals surface area (Å²) in [5, 5.41) is 1.90. The first-order chi connectivity index (χ1) is 11.7. The minimum absolute atomic E-state index is 0.651. The number of aryl methyl sites for hydroxylation is 2. The van der Waals surface area contributed by atoms with Gasteiger partial charge in [-0.25, -0.2) is 9.97 Å². The minimum atomic E-state index is 0.651. The average molecular weight is 357 g/mol. The van der Waals surface area contributed by atoms with Crippen LogP contribution in [0.1, 0.15) is 29.3 Å². The lowest BCUT2D eigenvalue weighted by Crippen LogP contribution is -2.09. The Hall–Kier alpha value is -1.66. The zero-order valence-corrected chi connectivity index (χ0v) is 15.3. The molecular formula is C18H20N4S2. The Labute approximate surface area is 149 Å². The molecule has 0 fully saturated rings. The Bertz CT molecular complexity index is 860. The summed E-state index contributed by atoms with van der Waals surface area (Å²) in [5.41, 5.74) is 8.96. The van der Waals surface area contributed by atoms with Crippen LogP contribution in [0.2, 0.25) is 0 Å². The SMILES string of the molecule is CC1CCc2c(sc3nc(SCCc4ccncc4)nc(N)c23)C1. The van der Waals surface area contributed by atoms with Gasteiger partial charge in [-0.3, -0.25) is 4.98 Å². The molecule has 0 spiro atoms. The van der Waals surface area contributed by atoms with Gasteiger partial charge in [-0.2, -0.15) is 0 Å². The predicted octanol–water partition coefficient (Wildman–Crippen LogP) is 4.13. The third-order valence-electron chi connectivity index (χ3n) is 4.53. The molecule has 0 aliphatic heterocycles. The fraction of sp³-hybridized carbons (Fsp3) is 0.389. The van der Waals surface area contributed by atoms with Gasteiger partial charge in [0.15, 0.2) is 5.16 Å². The van der Waals surface area contributed by atoms with Crippen LogP contribution in [0.4, 0.5) is 5.82 Å². The molecular weight excluding hydrogens is 336 g/mol. The molecule has 3 heterocycles. The minimum Gasteiger partial charge on any atom is -0.383 e. The molecule has 24 heavy (non-hydrogen) atoms. The maximum absolute atomic E-state index is 6.28. The summed E-state index contributed by atoms with van der Waals surface area (Å²) < 4.78 is 0. The molecule has 124 valence electrons. The molecule has 0 bridgehead atoms. The van der Waals surface area contributed by atoms with Crippen molar-refractivity contribution in [1.82, 2.24) is 15.0 Å². The first-order valence-corrected chi connectivity index (χ1v) is 10.1. The van der Waals surface area contributed by atoms with Gasteiger partial charge in [0.05, 0.1) is 5.39 Å². The van der Waals surface area contributed by atoms with E-state index < -0.39 is 0 Å². The quantitative estimate of drug-likeness (QED) is 0.562. The molecule has 1 aliphatic carbocycles. The van der Waals surface area contributed by atoms with Crippen LogP contribution in [0.5, 0.6) is 0 Å². The van der Waals surface area contributed by atoms with Gasteiger partial charge in [0, 0.05) is 23.0 Å². The second-order valence-electron chi connectivity index (χ2n) is 6.38. The van der Waals surface area contributed by atoms with E-state index in [-0.39, 0.29) is 0 Å². The molecule has 6 heteroatoms. The first-order valence-electron chi connectivity index (χ1n) is 8.30. The molecule has 3 aromatic rings. The van der Waals surface area contributed by atoms with Gasteiger partial charge in [0.1, 0.15) is 10.6 Å². The summed E-state index contributed by atoms with van der Waals surface area (Å²) in [5.74, 6) is 2.35. The van der Waals surface area contributed by atoms with Gasteiger partial charge in [0.2, 0.25) is 0 Å². The molecule has 4 nitrogen and oxygen atoms in total. The summed E-state index contributed by atoms with van der Waals surface area (Å²) in [6, 6.07) is 4.10. The average Bonchev–Trinajstić information content (AvgIpc) is 2.93. The monoisotopic (exact) mass is 356 g/mol. The van der Waals surface area contributed by atoms with Crippen LogP contribution in [0.15, 0.2) is 29.7 Å². The number of hydrogen-bond donors (Lipinski definition) is 1. The summed E-state index contributed by atoms with van der Waals surface area (Å²) in [6.45, 7) is 2.32. The number of hydrogen-bond acceptors (Lipinski definition) is 6. The molecule has 0 amide bonds. The Kier molecular flexibility index (Phi) is 4.41. The Morgan fingerprint density at radius 3 is 2.96 bits per heavy atom. The van der Waals surface area contributed by atoms with Crippen molar-refractivity contribution in [1.29, 1.82) is 0 Å². The molecule has 2 N–H and O–H groups in total. The van der Waals surface area contributed by atoms with Crippen LogP contribution in [-0.2, 0) is 19.3 Å². The van der Waals surface area contributed by atoms with Crippen molar-refractivity contribution in [2.75, 3.05) is 11.5 Å². The topological polar surface area (TPSA) is 64.7 Å². The van der Waals surface area contributed by atoms with E-state index in [1.165, 1.54) is 22.4 Å². The summed E-state index contributed by atoms with van der Waals surface area (Å²) in [4.78, 5) is 15.9. The molecule has 0 aromatic carbocycles. The number of nitrogens with zero attached hydrogens (tertiary/aromatic N) is 3. The van der Waals surface area contributed by atoms with Gasteiger partial charge < -0.3 is 5.73 Å². The van der Waals surface area contributed by atoms with Crippen molar-refractivity contribution in [3.63, 3.8) is 0 Å². The number of aromatic nitrogens is 3. The Morgan fingerprint density at radius 2 is 2.12 bits per heavy atom. The van der Waals surface area contributed by atoms with Gasteiger partial charge in [-0.1, -0.05) is 18.7 Å². The molecule has 0 saturated carbocycles. The van der Waals surface area contributed by atoms with Crippen molar-refractivity contribution in [3.8, 4) is 0 Å². The highest BCUT2D eigenvalue weighted by Gasteiger charge is 2.23. The van der Waals surface area contributed by atoms with Crippen molar-refractivity contribution in [2.24, 2.45) is 5.92 Å². The van der Waals surface area contributed by atoms with E-state index in [9.17, 15) is 0 Å². The van der Waals surface area contributed by atoms with Crippen LogP contribution in [0.25, 0.3) is 10.2 Å². The van der Waals surface area contributed by atoms with Gasteiger partial charge in [0.25, 0.3) is 0 Å². The lowest BCUT2D eigenvalue weighted by Gasteiger charge is -2.17. The number of nitrogen functional groups attached to an aromatic ring is 1. The highest BCUT2D eigenvalue weighted by atomic mass is 32.2. The number of pyridine rings is 1. The van der Waals surface area contributed by atoms with Crippen LogP contribution in [-0.4, -0.2) is 20.7 Å². The number of anilines is 1. The van der Waals surface area contributed by atoms with Crippen molar-refractivity contribution < 1.29 is 0 Å². The van der Waals surface area contributed by atoms with E-state index in [0.29, 0.717) is 5.82 Å². The molecule has 3 aromatic heterocycles. The molecule has 0 saturated heterocycles. The molecule has 4 rings (SSSR count). The normalized spacial score (nSPS) is 17.1. The standard InChI is InChI=1S/C18H20N4S2/c1-11-2-3-13-14(10-11)24-17-15(13)16(19)21-18(22-17)23-9-6-12-4-7-20-8-5-12/h4-5,7-8,11H,2-3,6,9-10H2,1H3,(H2,19,21,22). The van der Waals surface area contributed by atoms with Crippen LogP contribution in [0, 0.1) is 5.92 Å². The lowest BCUT2D eigenvalue weighted by atomic mass is 9.89. The fourth-order valence-corrected chi connectivity index (χ4v) is 5.51. The highest BCUT2D eigenvalue weighted by molar-refractivity contribution is 7.99. The number of thiophene rings is 1.